The largest absolute Gasteiger partial charge is 0.369 e. The van der Waals surface area contributed by atoms with Crippen molar-refractivity contribution in [3.05, 3.63) is 47.7 Å². The third-order valence-electron chi connectivity index (χ3n) is 2.97. The van der Waals surface area contributed by atoms with E-state index >= 15 is 0 Å². The van der Waals surface area contributed by atoms with Crippen LogP contribution in [0.15, 0.2) is 36.4 Å². The Morgan fingerprint density at radius 2 is 1.85 bits per heavy atom. The minimum Gasteiger partial charge on any atom is -0.369 e. The van der Waals surface area contributed by atoms with E-state index in [9.17, 15) is 4.79 Å². The van der Waals surface area contributed by atoms with Gasteiger partial charge < -0.3 is 10.2 Å². The standard InChI is InChI=1S/C15H18N4O/c1-4-16-14-10-9-13(17-18-14)15(20)19(3)12-7-5-11(2)6-8-12/h5-10H,4H2,1-3H3,(H,16,18). The van der Waals surface area contributed by atoms with Gasteiger partial charge in [0.1, 0.15) is 5.82 Å². The third-order valence-corrected chi connectivity index (χ3v) is 2.97. The van der Waals surface area contributed by atoms with Gasteiger partial charge >= 0.3 is 0 Å². The van der Waals surface area contributed by atoms with E-state index in [2.05, 4.69) is 15.5 Å². The predicted molar refractivity (Wildman–Crippen MR) is 80.1 cm³/mol. The fourth-order valence-corrected chi connectivity index (χ4v) is 1.78. The number of nitrogens with zero attached hydrogens (tertiary/aromatic N) is 3. The number of hydrogen-bond acceptors (Lipinski definition) is 4. The molecule has 0 radical (unpaired) electrons. The molecule has 0 saturated heterocycles. The molecule has 0 aliphatic rings. The van der Waals surface area contributed by atoms with Crippen LogP contribution in [0.4, 0.5) is 11.5 Å². The first-order valence-electron chi connectivity index (χ1n) is 6.54. The maximum atomic E-state index is 12.3. The molecule has 104 valence electrons. The molecule has 2 rings (SSSR count). The lowest BCUT2D eigenvalue weighted by Crippen LogP contribution is -2.27. The maximum absolute atomic E-state index is 12.3. The highest BCUT2D eigenvalue weighted by Gasteiger charge is 2.15. The molecular formula is C15H18N4O. The first-order valence-corrected chi connectivity index (χ1v) is 6.54. The van der Waals surface area contributed by atoms with E-state index in [0.29, 0.717) is 11.5 Å². The van der Waals surface area contributed by atoms with Crippen LogP contribution in [-0.2, 0) is 0 Å². The van der Waals surface area contributed by atoms with Crippen molar-refractivity contribution in [2.75, 3.05) is 23.8 Å². The van der Waals surface area contributed by atoms with Crippen molar-refractivity contribution >= 4 is 17.4 Å². The van der Waals surface area contributed by atoms with Crippen molar-refractivity contribution in [2.24, 2.45) is 0 Å². The number of carbonyl (C=O) groups excluding carboxylic acids is 1. The summed E-state index contributed by atoms with van der Waals surface area (Å²) in [5.41, 5.74) is 2.32. The molecule has 0 aliphatic carbocycles. The Hall–Kier alpha value is -2.43. The molecule has 5 heteroatoms. The fourth-order valence-electron chi connectivity index (χ4n) is 1.78. The number of rotatable bonds is 4. The van der Waals surface area contributed by atoms with Crippen molar-refractivity contribution < 1.29 is 4.79 Å². The predicted octanol–water partition coefficient (Wildman–Crippen LogP) is 2.49. The number of anilines is 2. The minimum absolute atomic E-state index is 0.176. The Morgan fingerprint density at radius 3 is 2.40 bits per heavy atom. The van der Waals surface area contributed by atoms with Crippen molar-refractivity contribution in [1.82, 2.24) is 10.2 Å². The zero-order valence-electron chi connectivity index (χ0n) is 11.9. The summed E-state index contributed by atoms with van der Waals surface area (Å²) in [6, 6.07) is 11.2. The van der Waals surface area contributed by atoms with Gasteiger partial charge in [0.05, 0.1) is 0 Å². The van der Waals surface area contributed by atoms with E-state index in [4.69, 9.17) is 0 Å². The second-order valence-electron chi connectivity index (χ2n) is 4.53. The lowest BCUT2D eigenvalue weighted by atomic mass is 10.2. The number of aryl methyl sites for hydroxylation is 1. The molecule has 1 heterocycles. The van der Waals surface area contributed by atoms with Crippen molar-refractivity contribution in [1.29, 1.82) is 0 Å². The summed E-state index contributed by atoms with van der Waals surface area (Å²) in [4.78, 5) is 13.9. The number of amides is 1. The van der Waals surface area contributed by atoms with Crippen LogP contribution in [0, 0.1) is 6.92 Å². The molecule has 0 saturated carbocycles. The monoisotopic (exact) mass is 270 g/mol. The molecule has 0 atom stereocenters. The molecule has 0 unspecified atom stereocenters. The van der Waals surface area contributed by atoms with Crippen LogP contribution >= 0.6 is 0 Å². The van der Waals surface area contributed by atoms with E-state index in [0.717, 1.165) is 17.8 Å². The van der Waals surface area contributed by atoms with Crippen LogP contribution in [0.25, 0.3) is 0 Å². The number of hydrogen-bond donors (Lipinski definition) is 1. The molecule has 0 aliphatic heterocycles. The maximum Gasteiger partial charge on any atom is 0.278 e. The number of carbonyl (C=O) groups is 1. The molecule has 20 heavy (non-hydrogen) atoms. The first kappa shape index (κ1) is 14.0. The molecule has 1 aromatic heterocycles. The van der Waals surface area contributed by atoms with Gasteiger partial charge in [0, 0.05) is 19.3 Å². The quantitative estimate of drug-likeness (QED) is 0.927. The van der Waals surface area contributed by atoms with Crippen LogP contribution in [0.3, 0.4) is 0 Å². The minimum atomic E-state index is -0.176. The molecule has 5 nitrogen and oxygen atoms in total. The summed E-state index contributed by atoms with van der Waals surface area (Å²) in [6.45, 7) is 4.76. The van der Waals surface area contributed by atoms with E-state index in [-0.39, 0.29) is 5.91 Å². The number of aromatic nitrogens is 2. The van der Waals surface area contributed by atoms with Crippen molar-refractivity contribution in [3.63, 3.8) is 0 Å². The van der Waals surface area contributed by atoms with Gasteiger partial charge in [-0.1, -0.05) is 17.7 Å². The Labute approximate surface area is 118 Å². The van der Waals surface area contributed by atoms with Crippen LogP contribution in [0.2, 0.25) is 0 Å². The van der Waals surface area contributed by atoms with Gasteiger partial charge in [-0.3, -0.25) is 4.79 Å². The van der Waals surface area contributed by atoms with Gasteiger partial charge in [0.15, 0.2) is 5.69 Å². The summed E-state index contributed by atoms with van der Waals surface area (Å²) in [5.74, 6) is 0.492. The number of benzene rings is 1. The van der Waals surface area contributed by atoms with Crippen LogP contribution in [0.5, 0.6) is 0 Å². The summed E-state index contributed by atoms with van der Waals surface area (Å²) in [5, 5.41) is 11.0. The Balaban J connectivity index is 2.15. The van der Waals surface area contributed by atoms with E-state index < -0.39 is 0 Å². The molecule has 1 amide bonds. The van der Waals surface area contributed by atoms with E-state index in [1.807, 2.05) is 38.1 Å². The highest BCUT2D eigenvalue weighted by Crippen LogP contribution is 2.15. The highest BCUT2D eigenvalue weighted by molar-refractivity contribution is 6.04. The normalized spacial score (nSPS) is 10.2. The van der Waals surface area contributed by atoms with Gasteiger partial charge in [0.25, 0.3) is 5.91 Å². The molecular weight excluding hydrogens is 252 g/mol. The zero-order chi connectivity index (χ0) is 14.5. The lowest BCUT2D eigenvalue weighted by Gasteiger charge is -2.16. The molecule has 1 aromatic carbocycles. The summed E-state index contributed by atoms with van der Waals surface area (Å²) in [7, 11) is 1.73. The van der Waals surface area contributed by atoms with Crippen molar-refractivity contribution in [2.45, 2.75) is 13.8 Å². The van der Waals surface area contributed by atoms with Crippen LogP contribution in [-0.4, -0.2) is 29.7 Å². The third kappa shape index (κ3) is 3.12. The Bertz CT molecular complexity index is 578. The summed E-state index contributed by atoms with van der Waals surface area (Å²) in [6.07, 6.45) is 0. The first-order chi connectivity index (χ1) is 9.61. The van der Waals surface area contributed by atoms with E-state index in [1.54, 1.807) is 24.1 Å². The molecule has 1 N–H and O–H groups in total. The fraction of sp³-hybridized carbons (Fsp3) is 0.267. The van der Waals surface area contributed by atoms with Gasteiger partial charge in [-0.05, 0) is 38.1 Å². The van der Waals surface area contributed by atoms with E-state index in [1.165, 1.54) is 0 Å². The second kappa shape index (κ2) is 6.14. The molecule has 0 fully saturated rings. The van der Waals surface area contributed by atoms with Gasteiger partial charge in [-0.15, -0.1) is 10.2 Å². The Morgan fingerprint density at radius 1 is 1.15 bits per heavy atom. The van der Waals surface area contributed by atoms with Crippen molar-refractivity contribution in [3.8, 4) is 0 Å². The van der Waals surface area contributed by atoms with Gasteiger partial charge in [-0.25, -0.2) is 0 Å². The van der Waals surface area contributed by atoms with Gasteiger partial charge in [-0.2, -0.15) is 0 Å². The Kier molecular flexibility index (Phi) is 4.30. The topological polar surface area (TPSA) is 58.1 Å². The molecule has 2 aromatic rings. The average molecular weight is 270 g/mol. The SMILES string of the molecule is CCNc1ccc(C(=O)N(C)c2ccc(C)cc2)nn1. The smallest absolute Gasteiger partial charge is 0.278 e. The number of nitrogens with one attached hydrogen (secondary N) is 1. The van der Waals surface area contributed by atoms with Crippen LogP contribution in [0.1, 0.15) is 23.0 Å². The second-order valence-corrected chi connectivity index (χ2v) is 4.53. The lowest BCUT2D eigenvalue weighted by molar-refractivity contribution is 0.0987. The average Bonchev–Trinajstić information content (AvgIpc) is 2.48. The van der Waals surface area contributed by atoms with Gasteiger partial charge in [0.2, 0.25) is 0 Å². The molecule has 0 bridgehead atoms. The zero-order valence-corrected chi connectivity index (χ0v) is 11.9. The highest BCUT2D eigenvalue weighted by atomic mass is 16.2. The summed E-state index contributed by atoms with van der Waals surface area (Å²) < 4.78 is 0. The van der Waals surface area contributed by atoms with Crippen LogP contribution < -0.4 is 10.2 Å². The molecule has 0 spiro atoms. The summed E-state index contributed by atoms with van der Waals surface area (Å²) >= 11 is 0.